The van der Waals surface area contributed by atoms with Crippen LogP contribution in [0.15, 0.2) is 12.4 Å². The van der Waals surface area contributed by atoms with E-state index >= 15 is 0 Å². The van der Waals surface area contributed by atoms with E-state index in [1.807, 2.05) is 0 Å². The number of carbonyl (C=O) groups excluding carboxylic acids is 1. The number of rotatable bonds is 5. The lowest BCUT2D eigenvalue weighted by Crippen LogP contribution is -2.48. The molecule has 2 heterocycles. The molecule has 168 valence electrons. The normalized spacial score (nSPS) is 31.6. The largest absolute Gasteiger partial charge is 0.425 e. The minimum Gasteiger partial charge on any atom is -0.374 e. The number of anilines is 1. The van der Waals surface area contributed by atoms with E-state index < -0.39 is 29.9 Å². The number of alkyl halides is 3. The van der Waals surface area contributed by atoms with E-state index in [2.05, 4.69) is 20.5 Å². The fourth-order valence-electron chi connectivity index (χ4n) is 6.33. The van der Waals surface area contributed by atoms with Gasteiger partial charge in [-0.15, -0.1) is 10.2 Å². The molecule has 6 rings (SSSR count). The third kappa shape index (κ3) is 3.45. The average Bonchev–Trinajstić information content (AvgIpc) is 3.29. The number of hydrogen-bond donors (Lipinski definition) is 2. The molecule has 4 aliphatic rings. The first-order valence-electron chi connectivity index (χ1n) is 10.5. The molecule has 2 N–H and O–H groups in total. The van der Waals surface area contributed by atoms with Crippen LogP contribution in [0.2, 0.25) is 0 Å². The molecule has 0 radical (unpaired) electrons. The molecule has 4 fully saturated rings. The second-order valence-electron chi connectivity index (χ2n) is 9.55. The third-order valence-electron chi connectivity index (χ3n) is 7.24. The fourth-order valence-corrected chi connectivity index (χ4v) is 7.30. The van der Waals surface area contributed by atoms with Gasteiger partial charge in [0.05, 0.1) is 6.42 Å². The molecule has 0 aromatic carbocycles. The number of aliphatic hydroxyl groups is 1. The Labute approximate surface area is 181 Å². The van der Waals surface area contributed by atoms with Crippen molar-refractivity contribution in [2.75, 3.05) is 5.32 Å². The molecular formula is C20H24F3N5O2S. The quantitative estimate of drug-likeness (QED) is 0.720. The Hall–Kier alpha value is -2.01. The van der Waals surface area contributed by atoms with Crippen LogP contribution in [0.1, 0.15) is 55.8 Å². The molecule has 2 aromatic heterocycles. The summed E-state index contributed by atoms with van der Waals surface area (Å²) in [6.45, 7) is 0. The number of aryl methyl sites for hydroxylation is 1. The van der Waals surface area contributed by atoms with Gasteiger partial charge in [-0.2, -0.15) is 13.2 Å². The Bertz CT molecular complexity index is 968. The first-order chi connectivity index (χ1) is 14.6. The molecule has 0 saturated heterocycles. The average molecular weight is 456 g/mol. The van der Waals surface area contributed by atoms with Gasteiger partial charge in [0, 0.05) is 24.9 Å². The van der Waals surface area contributed by atoms with Crippen LogP contribution < -0.4 is 5.32 Å². The van der Waals surface area contributed by atoms with Crippen LogP contribution in [0.4, 0.5) is 18.3 Å². The van der Waals surface area contributed by atoms with E-state index in [1.165, 1.54) is 43.8 Å². The maximum atomic E-state index is 13.7. The Morgan fingerprint density at radius 2 is 1.84 bits per heavy atom. The standard InChI is InChI=1S/C20H24F3N5O2S/c1-28-3-2-24-15(28)19(30,20(21,22)23)10-14(29)25-17-27-26-16(31-17)18-7-11-4-12(8-18)6-13(5-11)9-18/h2-3,11-13,30H,4-10H2,1H3,(H,25,27,29). The van der Waals surface area contributed by atoms with E-state index in [4.69, 9.17) is 0 Å². The number of halogens is 3. The lowest BCUT2D eigenvalue weighted by molar-refractivity contribution is -0.270. The predicted octanol–water partition coefficient (Wildman–Crippen LogP) is 3.52. The monoisotopic (exact) mass is 455 g/mol. The van der Waals surface area contributed by atoms with Crippen LogP contribution in [0.25, 0.3) is 0 Å². The van der Waals surface area contributed by atoms with Crippen molar-refractivity contribution in [1.29, 1.82) is 0 Å². The minimum atomic E-state index is -5.07. The van der Waals surface area contributed by atoms with Crippen molar-refractivity contribution >= 4 is 22.4 Å². The van der Waals surface area contributed by atoms with Crippen molar-refractivity contribution in [2.24, 2.45) is 24.8 Å². The Balaban J connectivity index is 1.33. The highest BCUT2D eigenvalue weighted by Crippen LogP contribution is 2.61. The number of nitrogens with zero attached hydrogens (tertiary/aromatic N) is 4. The molecule has 7 nitrogen and oxygen atoms in total. The van der Waals surface area contributed by atoms with Gasteiger partial charge in [-0.3, -0.25) is 4.79 Å². The zero-order valence-corrected chi connectivity index (χ0v) is 17.8. The van der Waals surface area contributed by atoms with Crippen LogP contribution in [0, 0.1) is 17.8 Å². The van der Waals surface area contributed by atoms with E-state index in [1.54, 1.807) is 0 Å². The summed E-state index contributed by atoms with van der Waals surface area (Å²) in [6.07, 6.45) is 3.22. The number of hydrogen-bond acceptors (Lipinski definition) is 6. The molecule has 1 atom stereocenters. The van der Waals surface area contributed by atoms with Gasteiger partial charge in [0.2, 0.25) is 16.6 Å². The highest BCUT2D eigenvalue weighted by molar-refractivity contribution is 7.15. The molecule has 1 unspecified atom stereocenters. The van der Waals surface area contributed by atoms with Gasteiger partial charge in [-0.05, 0) is 56.3 Å². The van der Waals surface area contributed by atoms with Crippen molar-refractivity contribution in [3.63, 3.8) is 0 Å². The highest BCUT2D eigenvalue weighted by atomic mass is 32.1. The summed E-state index contributed by atoms with van der Waals surface area (Å²) in [7, 11) is 1.33. The first kappa shape index (κ1) is 20.9. The second kappa shape index (κ2) is 6.99. The highest BCUT2D eigenvalue weighted by Gasteiger charge is 2.59. The molecule has 31 heavy (non-hydrogen) atoms. The summed E-state index contributed by atoms with van der Waals surface area (Å²) in [6, 6.07) is 0. The Morgan fingerprint density at radius 3 is 2.35 bits per heavy atom. The SMILES string of the molecule is Cn1ccnc1C(O)(CC(=O)Nc1nnc(C23CC4CC(CC(C4)C2)C3)s1)C(F)(F)F. The zero-order valence-electron chi connectivity index (χ0n) is 17.0. The molecule has 0 aliphatic heterocycles. The van der Waals surface area contributed by atoms with Crippen LogP contribution in [-0.4, -0.2) is 36.9 Å². The summed E-state index contributed by atoms with van der Waals surface area (Å²) >= 11 is 1.25. The predicted molar refractivity (Wildman–Crippen MR) is 106 cm³/mol. The molecule has 0 spiro atoms. The summed E-state index contributed by atoms with van der Waals surface area (Å²) in [5, 5.41) is 22.2. The zero-order chi connectivity index (χ0) is 22.0. The molecule has 2 aromatic rings. The maximum absolute atomic E-state index is 13.7. The van der Waals surface area contributed by atoms with E-state index in [-0.39, 0.29) is 10.5 Å². The molecule has 1 amide bonds. The Kier molecular flexibility index (Phi) is 4.71. The van der Waals surface area contributed by atoms with Gasteiger partial charge in [-0.25, -0.2) is 4.98 Å². The number of amides is 1. The number of aromatic nitrogens is 4. The Morgan fingerprint density at radius 1 is 1.23 bits per heavy atom. The van der Waals surface area contributed by atoms with Gasteiger partial charge in [0.25, 0.3) is 0 Å². The van der Waals surface area contributed by atoms with Crippen molar-refractivity contribution in [1.82, 2.24) is 19.7 Å². The fraction of sp³-hybridized carbons (Fsp3) is 0.700. The summed E-state index contributed by atoms with van der Waals surface area (Å²) < 4.78 is 42.0. The summed E-state index contributed by atoms with van der Waals surface area (Å²) in [4.78, 5) is 16.1. The van der Waals surface area contributed by atoms with Crippen molar-refractivity contribution < 1.29 is 23.1 Å². The smallest absolute Gasteiger partial charge is 0.374 e. The van der Waals surface area contributed by atoms with E-state index in [0.29, 0.717) is 17.8 Å². The summed E-state index contributed by atoms with van der Waals surface area (Å²) in [5.74, 6) is 0.519. The van der Waals surface area contributed by atoms with Gasteiger partial charge < -0.3 is 15.0 Å². The molecule has 4 bridgehead atoms. The van der Waals surface area contributed by atoms with Gasteiger partial charge in [0.1, 0.15) is 5.01 Å². The lowest BCUT2D eigenvalue weighted by Gasteiger charge is -2.55. The topological polar surface area (TPSA) is 92.9 Å². The van der Waals surface area contributed by atoms with Gasteiger partial charge in [0.15, 0.2) is 5.82 Å². The minimum absolute atomic E-state index is 0.00490. The van der Waals surface area contributed by atoms with Crippen molar-refractivity contribution in [3.05, 3.63) is 23.2 Å². The lowest BCUT2D eigenvalue weighted by atomic mass is 9.50. The van der Waals surface area contributed by atoms with Crippen LogP contribution in [0.3, 0.4) is 0 Å². The number of nitrogens with one attached hydrogen (secondary N) is 1. The van der Waals surface area contributed by atoms with Crippen LogP contribution in [0.5, 0.6) is 0 Å². The third-order valence-corrected chi connectivity index (χ3v) is 8.32. The number of imidazole rings is 1. The first-order valence-corrected chi connectivity index (χ1v) is 11.3. The van der Waals surface area contributed by atoms with E-state index in [0.717, 1.165) is 35.0 Å². The number of carbonyl (C=O) groups is 1. The summed E-state index contributed by atoms with van der Waals surface area (Å²) in [5.41, 5.74) is -3.40. The van der Waals surface area contributed by atoms with Crippen LogP contribution >= 0.6 is 11.3 Å². The molecule has 4 aliphatic carbocycles. The second-order valence-corrected chi connectivity index (χ2v) is 10.5. The van der Waals surface area contributed by atoms with E-state index in [9.17, 15) is 23.1 Å². The van der Waals surface area contributed by atoms with Crippen molar-refractivity contribution in [3.8, 4) is 0 Å². The maximum Gasteiger partial charge on any atom is 0.425 e. The molecule has 4 saturated carbocycles. The van der Waals surface area contributed by atoms with Gasteiger partial charge in [-0.1, -0.05) is 11.3 Å². The van der Waals surface area contributed by atoms with Crippen molar-refractivity contribution in [2.45, 2.75) is 62.1 Å². The van der Waals surface area contributed by atoms with Gasteiger partial charge >= 0.3 is 6.18 Å². The van der Waals surface area contributed by atoms with Crippen LogP contribution in [-0.2, 0) is 22.9 Å². The molecular weight excluding hydrogens is 431 g/mol. The molecule has 11 heteroatoms.